The molecule has 1 amide bonds. The minimum absolute atomic E-state index is 0.0419. The Morgan fingerprint density at radius 1 is 1.20 bits per heavy atom. The Kier molecular flexibility index (Phi) is 3.81. The van der Waals surface area contributed by atoms with E-state index >= 15 is 0 Å². The molecule has 0 unspecified atom stereocenters. The number of β-amino-alcohol motifs (C(OH)–C–C–N with tert-alkyl or cyclic N) is 1. The molecule has 1 saturated heterocycles. The van der Waals surface area contributed by atoms with E-state index in [0.29, 0.717) is 25.1 Å². The fourth-order valence-corrected chi connectivity index (χ4v) is 3.43. The molecule has 2 aromatic carbocycles. The lowest BCUT2D eigenvalue weighted by Crippen LogP contribution is -2.29. The van der Waals surface area contributed by atoms with Gasteiger partial charge in [-0.3, -0.25) is 9.36 Å². The van der Waals surface area contributed by atoms with Gasteiger partial charge in [0, 0.05) is 18.7 Å². The zero-order valence-corrected chi connectivity index (χ0v) is 14.4. The molecule has 5 nitrogen and oxygen atoms in total. The number of aromatic nitrogens is 2. The number of imidazole rings is 1. The molecule has 1 fully saturated rings. The maximum atomic E-state index is 12.6. The van der Waals surface area contributed by atoms with E-state index in [2.05, 4.69) is 41.6 Å². The van der Waals surface area contributed by atoms with Crippen molar-refractivity contribution in [2.24, 2.45) is 0 Å². The summed E-state index contributed by atoms with van der Waals surface area (Å²) in [5, 5.41) is 9.64. The maximum Gasteiger partial charge on any atom is 0.254 e. The van der Waals surface area contributed by atoms with Crippen LogP contribution in [0.1, 0.15) is 27.9 Å². The van der Waals surface area contributed by atoms with E-state index in [1.807, 2.05) is 18.2 Å². The normalized spacial score (nSPS) is 17.4. The first-order chi connectivity index (χ1) is 12.0. The van der Waals surface area contributed by atoms with Crippen LogP contribution in [0.15, 0.2) is 42.7 Å². The summed E-state index contributed by atoms with van der Waals surface area (Å²) in [4.78, 5) is 18.8. The Labute approximate surface area is 146 Å². The number of likely N-dealkylation sites (tertiary alicyclic amines) is 1. The number of fused-ring (bicyclic) bond motifs is 1. The van der Waals surface area contributed by atoms with Crippen molar-refractivity contribution in [2.75, 3.05) is 13.1 Å². The summed E-state index contributed by atoms with van der Waals surface area (Å²) in [6.07, 6.45) is 2.05. The van der Waals surface area contributed by atoms with Gasteiger partial charge in [-0.25, -0.2) is 4.98 Å². The summed E-state index contributed by atoms with van der Waals surface area (Å²) in [6.45, 7) is 5.17. The van der Waals surface area contributed by atoms with E-state index in [4.69, 9.17) is 0 Å². The number of aryl methyl sites for hydroxylation is 2. The molecule has 25 heavy (non-hydrogen) atoms. The van der Waals surface area contributed by atoms with Gasteiger partial charge < -0.3 is 10.0 Å². The van der Waals surface area contributed by atoms with Crippen LogP contribution in [0.4, 0.5) is 0 Å². The van der Waals surface area contributed by atoms with Crippen molar-refractivity contribution in [3.8, 4) is 5.69 Å². The molecule has 1 aliphatic rings. The molecule has 0 spiro atoms. The molecule has 128 valence electrons. The van der Waals surface area contributed by atoms with Gasteiger partial charge in [0.05, 0.1) is 22.8 Å². The number of hydrogen-bond acceptors (Lipinski definition) is 3. The van der Waals surface area contributed by atoms with Crippen molar-refractivity contribution in [3.05, 3.63) is 59.4 Å². The van der Waals surface area contributed by atoms with Crippen LogP contribution in [0.3, 0.4) is 0 Å². The SMILES string of the molecule is Cc1ccc(C)c(-n2cnc3cc(C(=O)N4CC[C@@H](O)C4)ccc32)c1. The molecule has 0 bridgehead atoms. The molecule has 0 saturated carbocycles. The topological polar surface area (TPSA) is 58.4 Å². The molecule has 1 atom stereocenters. The standard InChI is InChI=1S/C20H21N3O2/c1-13-3-4-14(2)19(9-13)23-12-21-17-10-15(5-6-18(17)23)20(25)22-8-7-16(24)11-22/h3-6,9-10,12,16,24H,7-8,11H2,1-2H3/t16-/m1/s1. The lowest BCUT2D eigenvalue weighted by Gasteiger charge is -2.15. The number of benzene rings is 2. The van der Waals surface area contributed by atoms with Crippen LogP contribution in [-0.2, 0) is 0 Å². The third-order valence-electron chi connectivity index (χ3n) is 4.87. The van der Waals surface area contributed by atoms with Crippen LogP contribution < -0.4 is 0 Å². The van der Waals surface area contributed by atoms with Gasteiger partial charge in [0.25, 0.3) is 5.91 Å². The Hall–Kier alpha value is -2.66. The van der Waals surface area contributed by atoms with Gasteiger partial charge in [-0.2, -0.15) is 0 Å². The highest BCUT2D eigenvalue weighted by Gasteiger charge is 2.25. The molecule has 2 heterocycles. The van der Waals surface area contributed by atoms with Crippen LogP contribution in [-0.4, -0.2) is 44.7 Å². The Balaban J connectivity index is 1.72. The summed E-state index contributed by atoms with van der Waals surface area (Å²) < 4.78 is 2.06. The highest BCUT2D eigenvalue weighted by molar-refractivity contribution is 5.97. The average Bonchev–Trinajstić information content (AvgIpc) is 3.22. The fraction of sp³-hybridized carbons (Fsp3) is 0.300. The molecule has 1 aromatic heterocycles. The number of amides is 1. The smallest absolute Gasteiger partial charge is 0.254 e. The summed E-state index contributed by atoms with van der Waals surface area (Å²) >= 11 is 0. The van der Waals surface area contributed by atoms with E-state index in [9.17, 15) is 9.90 Å². The van der Waals surface area contributed by atoms with Gasteiger partial charge in [0.2, 0.25) is 0 Å². The fourth-order valence-electron chi connectivity index (χ4n) is 3.43. The number of aliphatic hydroxyl groups excluding tert-OH is 1. The molecule has 1 aliphatic heterocycles. The van der Waals surface area contributed by atoms with Crippen LogP contribution in [0, 0.1) is 13.8 Å². The average molecular weight is 335 g/mol. The molecule has 4 rings (SSSR count). The first-order valence-electron chi connectivity index (χ1n) is 8.55. The largest absolute Gasteiger partial charge is 0.391 e. The number of nitrogens with zero attached hydrogens (tertiary/aromatic N) is 3. The highest BCUT2D eigenvalue weighted by atomic mass is 16.3. The minimum Gasteiger partial charge on any atom is -0.391 e. The van der Waals surface area contributed by atoms with E-state index in [1.54, 1.807) is 11.2 Å². The van der Waals surface area contributed by atoms with Crippen molar-refractivity contribution in [1.29, 1.82) is 0 Å². The van der Waals surface area contributed by atoms with E-state index in [-0.39, 0.29) is 5.91 Å². The van der Waals surface area contributed by atoms with Gasteiger partial charge in [-0.15, -0.1) is 0 Å². The summed E-state index contributed by atoms with van der Waals surface area (Å²) in [7, 11) is 0. The third kappa shape index (κ3) is 2.81. The van der Waals surface area contributed by atoms with E-state index < -0.39 is 6.10 Å². The quantitative estimate of drug-likeness (QED) is 0.783. The highest BCUT2D eigenvalue weighted by Crippen LogP contribution is 2.24. The van der Waals surface area contributed by atoms with Gasteiger partial charge >= 0.3 is 0 Å². The molecular weight excluding hydrogens is 314 g/mol. The van der Waals surface area contributed by atoms with Crippen LogP contribution in [0.2, 0.25) is 0 Å². The monoisotopic (exact) mass is 335 g/mol. The number of rotatable bonds is 2. The Morgan fingerprint density at radius 2 is 2.04 bits per heavy atom. The van der Waals surface area contributed by atoms with Crippen molar-refractivity contribution < 1.29 is 9.90 Å². The lowest BCUT2D eigenvalue weighted by atomic mass is 10.1. The van der Waals surface area contributed by atoms with E-state index in [0.717, 1.165) is 16.7 Å². The predicted octanol–water partition coefficient (Wildman–Crippen LogP) is 2.85. The van der Waals surface area contributed by atoms with Crippen LogP contribution in [0.25, 0.3) is 16.7 Å². The second-order valence-electron chi connectivity index (χ2n) is 6.80. The summed E-state index contributed by atoms with van der Waals surface area (Å²) in [5.41, 5.74) is 5.87. The third-order valence-corrected chi connectivity index (χ3v) is 4.87. The molecule has 1 N–H and O–H groups in total. The Bertz CT molecular complexity index is 961. The molecule has 3 aromatic rings. The molecule has 0 aliphatic carbocycles. The second-order valence-corrected chi connectivity index (χ2v) is 6.80. The van der Waals surface area contributed by atoms with E-state index in [1.165, 1.54) is 11.1 Å². The zero-order valence-electron chi connectivity index (χ0n) is 14.4. The van der Waals surface area contributed by atoms with Gasteiger partial charge in [-0.1, -0.05) is 12.1 Å². The predicted molar refractivity (Wildman–Crippen MR) is 97.1 cm³/mol. The lowest BCUT2D eigenvalue weighted by molar-refractivity contribution is 0.0765. The number of carbonyl (C=O) groups is 1. The molecule has 0 radical (unpaired) electrons. The second kappa shape index (κ2) is 6.01. The number of aliphatic hydroxyl groups is 1. The number of carbonyl (C=O) groups excluding carboxylic acids is 1. The molecule has 5 heteroatoms. The summed E-state index contributed by atoms with van der Waals surface area (Å²) in [6, 6.07) is 12.0. The van der Waals surface area contributed by atoms with Gasteiger partial charge in [0.1, 0.15) is 6.33 Å². The van der Waals surface area contributed by atoms with Gasteiger partial charge in [-0.05, 0) is 55.7 Å². The van der Waals surface area contributed by atoms with Crippen molar-refractivity contribution in [3.63, 3.8) is 0 Å². The first-order valence-corrected chi connectivity index (χ1v) is 8.55. The van der Waals surface area contributed by atoms with Crippen LogP contribution >= 0.6 is 0 Å². The maximum absolute atomic E-state index is 12.6. The molecular formula is C20H21N3O2. The van der Waals surface area contributed by atoms with Crippen molar-refractivity contribution in [2.45, 2.75) is 26.4 Å². The van der Waals surface area contributed by atoms with Crippen LogP contribution in [0.5, 0.6) is 0 Å². The van der Waals surface area contributed by atoms with Gasteiger partial charge in [0.15, 0.2) is 0 Å². The number of hydrogen-bond donors (Lipinski definition) is 1. The first kappa shape index (κ1) is 15.8. The zero-order chi connectivity index (χ0) is 17.6. The van der Waals surface area contributed by atoms with Crippen molar-refractivity contribution >= 4 is 16.9 Å². The Morgan fingerprint density at radius 3 is 2.80 bits per heavy atom. The summed E-state index contributed by atoms with van der Waals surface area (Å²) in [5.74, 6) is -0.0419. The van der Waals surface area contributed by atoms with Crippen molar-refractivity contribution in [1.82, 2.24) is 14.5 Å². The minimum atomic E-state index is -0.406.